The second kappa shape index (κ2) is 6.39. The predicted octanol–water partition coefficient (Wildman–Crippen LogP) is 1.92. The maximum atomic E-state index is 4.80. The molecule has 1 fully saturated rings. The summed E-state index contributed by atoms with van der Waals surface area (Å²) in [6.07, 6.45) is 2.05. The van der Waals surface area contributed by atoms with Crippen LogP contribution < -0.4 is 10.2 Å². The Labute approximate surface area is 122 Å². The predicted molar refractivity (Wildman–Crippen MR) is 84.6 cm³/mol. The van der Waals surface area contributed by atoms with Crippen LogP contribution >= 0.6 is 0 Å². The van der Waals surface area contributed by atoms with E-state index < -0.39 is 0 Å². The lowest BCUT2D eigenvalue weighted by Crippen LogP contribution is -2.39. The van der Waals surface area contributed by atoms with Crippen LogP contribution in [0, 0.1) is 6.92 Å². The topological polar surface area (TPSA) is 44.3 Å². The van der Waals surface area contributed by atoms with Crippen LogP contribution in [0.4, 0.5) is 11.6 Å². The largest absolute Gasteiger partial charge is 0.373 e. The molecule has 2 rings (SSSR count). The van der Waals surface area contributed by atoms with E-state index in [1.807, 2.05) is 7.05 Å². The molecular formula is C15H27N5. The van der Waals surface area contributed by atoms with E-state index in [1.54, 1.807) is 0 Å². The molecule has 1 aliphatic heterocycles. The highest BCUT2D eigenvalue weighted by Crippen LogP contribution is 2.26. The van der Waals surface area contributed by atoms with Gasteiger partial charge in [0.1, 0.15) is 17.5 Å². The highest BCUT2D eigenvalue weighted by molar-refractivity contribution is 5.59. The summed E-state index contributed by atoms with van der Waals surface area (Å²) in [4.78, 5) is 14.2. The van der Waals surface area contributed by atoms with Gasteiger partial charge in [-0.15, -0.1) is 0 Å². The van der Waals surface area contributed by atoms with Crippen molar-refractivity contribution in [2.24, 2.45) is 0 Å². The molecule has 1 unspecified atom stereocenters. The molecular weight excluding hydrogens is 250 g/mol. The first-order valence-corrected chi connectivity index (χ1v) is 7.57. The molecule has 1 aliphatic rings. The normalized spacial score (nSPS) is 20.9. The van der Waals surface area contributed by atoms with Crippen molar-refractivity contribution in [3.8, 4) is 0 Å². The first-order valence-electron chi connectivity index (χ1n) is 7.57. The van der Waals surface area contributed by atoms with Crippen LogP contribution in [0.15, 0.2) is 0 Å². The van der Waals surface area contributed by atoms with Gasteiger partial charge in [0.2, 0.25) is 0 Å². The van der Waals surface area contributed by atoms with E-state index in [2.05, 4.69) is 47.9 Å². The average molecular weight is 277 g/mol. The van der Waals surface area contributed by atoms with Crippen molar-refractivity contribution in [3.05, 3.63) is 11.4 Å². The molecule has 1 atom stereocenters. The molecule has 112 valence electrons. The molecule has 5 heteroatoms. The van der Waals surface area contributed by atoms with Gasteiger partial charge in [-0.2, -0.15) is 0 Å². The minimum Gasteiger partial charge on any atom is -0.373 e. The molecule has 0 amide bonds. The van der Waals surface area contributed by atoms with Crippen LogP contribution in [0.2, 0.25) is 0 Å². The van der Waals surface area contributed by atoms with E-state index in [9.17, 15) is 0 Å². The number of hydrogen-bond acceptors (Lipinski definition) is 5. The Kier molecular flexibility index (Phi) is 4.81. The van der Waals surface area contributed by atoms with Crippen molar-refractivity contribution in [1.29, 1.82) is 0 Å². The zero-order valence-corrected chi connectivity index (χ0v) is 13.4. The second-order valence-electron chi connectivity index (χ2n) is 5.70. The highest BCUT2D eigenvalue weighted by Gasteiger charge is 2.23. The molecule has 1 aromatic rings. The van der Waals surface area contributed by atoms with Crippen LogP contribution in [-0.4, -0.2) is 54.6 Å². The third-order valence-electron chi connectivity index (χ3n) is 4.04. The number of anilines is 2. The number of aryl methyl sites for hydroxylation is 1. The molecule has 0 aromatic carbocycles. The summed E-state index contributed by atoms with van der Waals surface area (Å²) < 4.78 is 0. The molecule has 1 aromatic heterocycles. The Hall–Kier alpha value is -1.36. The lowest BCUT2D eigenvalue weighted by atomic mass is 10.2. The molecule has 0 spiro atoms. The zero-order chi connectivity index (χ0) is 14.7. The van der Waals surface area contributed by atoms with Crippen molar-refractivity contribution in [2.45, 2.75) is 39.7 Å². The third kappa shape index (κ3) is 3.03. The zero-order valence-electron chi connectivity index (χ0n) is 13.4. The van der Waals surface area contributed by atoms with Crippen molar-refractivity contribution in [2.75, 3.05) is 43.9 Å². The second-order valence-corrected chi connectivity index (χ2v) is 5.70. The first-order chi connectivity index (χ1) is 9.56. The quantitative estimate of drug-likeness (QED) is 0.914. The van der Waals surface area contributed by atoms with Gasteiger partial charge in [0.05, 0.1) is 0 Å². The molecule has 0 aliphatic carbocycles. The summed E-state index contributed by atoms with van der Waals surface area (Å²) in [5.41, 5.74) is 1.15. The van der Waals surface area contributed by atoms with Crippen molar-refractivity contribution < 1.29 is 0 Å². The van der Waals surface area contributed by atoms with E-state index in [-0.39, 0.29) is 0 Å². The van der Waals surface area contributed by atoms with Gasteiger partial charge in [-0.25, -0.2) is 9.97 Å². The van der Waals surface area contributed by atoms with Crippen LogP contribution in [0.25, 0.3) is 0 Å². The number of aromatic nitrogens is 2. The van der Waals surface area contributed by atoms with Crippen LogP contribution in [0.1, 0.15) is 31.7 Å². The first kappa shape index (κ1) is 15.0. The average Bonchev–Trinajstić information content (AvgIpc) is 2.60. The minimum absolute atomic E-state index is 0.477. The lowest BCUT2D eigenvalue weighted by molar-refractivity contribution is 0.337. The fraction of sp³-hybridized carbons (Fsp3) is 0.733. The van der Waals surface area contributed by atoms with Gasteiger partial charge >= 0.3 is 0 Å². The molecule has 0 bridgehead atoms. The maximum Gasteiger partial charge on any atom is 0.137 e. The van der Waals surface area contributed by atoms with E-state index in [4.69, 9.17) is 4.98 Å². The maximum absolute atomic E-state index is 4.80. The minimum atomic E-state index is 0.477. The molecule has 0 radical (unpaired) electrons. The Balaban J connectivity index is 2.39. The van der Waals surface area contributed by atoms with Gasteiger partial charge in [0.15, 0.2) is 0 Å². The van der Waals surface area contributed by atoms with Gasteiger partial charge in [0.25, 0.3) is 0 Å². The van der Waals surface area contributed by atoms with Gasteiger partial charge in [-0.1, -0.05) is 6.92 Å². The summed E-state index contributed by atoms with van der Waals surface area (Å²) in [6, 6.07) is 0.477. The summed E-state index contributed by atoms with van der Waals surface area (Å²) in [7, 11) is 4.13. The summed E-state index contributed by atoms with van der Waals surface area (Å²) >= 11 is 0. The smallest absolute Gasteiger partial charge is 0.137 e. The van der Waals surface area contributed by atoms with Crippen LogP contribution in [-0.2, 0) is 6.42 Å². The van der Waals surface area contributed by atoms with Crippen LogP contribution in [0.5, 0.6) is 0 Å². The summed E-state index contributed by atoms with van der Waals surface area (Å²) in [5, 5.41) is 3.20. The van der Waals surface area contributed by atoms with Gasteiger partial charge in [0, 0.05) is 38.2 Å². The Morgan fingerprint density at radius 1 is 1.30 bits per heavy atom. The summed E-state index contributed by atoms with van der Waals surface area (Å²) in [6.45, 7) is 9.81. The Morgan fingerprint density at radius 2 is 2.05 bits per heavy atom. The lowest BCUT2D eigenvalue weighted by Gasteiger charge is -2.31. The molecule has 5 nitrogen and oxygen atoms in total. The van der Waals surface area contributed by atoms with Gasteiger partial charge in [-0.05, 0) is 33.9 Å². The molecule has 1 saturated heterocycles. The Bertz CT molecular complexity index is 460. The monoisotopic (exact) mass is 277 g/mol. The van der Waals surface area contributed by atoms with Crippen molar-refractivity contribution >= 4 is 11.6 Å². The van der Waals surface area contributed by atoms with Gasteiger partial charge in [-0.3, -0.25) is 0 Å². The third-order valence-corrected chi connectivity index (χ3v) is 4.04. The number of rotatable bonds is 3. The summed E-state index contributed by atoms with van der Waals surface area (Å²) in [5.74, 6) is 2.97. The Morgan fingerprint density at radius 3 is 2.70 bits per heavy atom. The van der Waals surface area contributed by atoms with E-state index >= 15 is 0 Å². The van der Waals surface area contributed by atoms with E-state index in [0.29, 0.717) is 6.04 Å². The molecule has 20 heavy (non-hydrogen) atoms. The SMILES string of the molecule is CCc1nc(NC)c(C)c(N2CCCN(C)CC2C)n1. The number of nitrogens with one attached hydrogen (secondary N) is 1. The van der Waals surface area contributed by atoms with Crippen molar-refractivity contribution in [3.63, 3.8) is 0 Å². The standard InChI is InChI=1S/C15H27N5/c1-6-13-17-14(16-4)12(3)15(18-13)20-9-7-8-19(5)10-11(20)2/h11H,6-10H2,1-5H3,(H,16,17,18). The number of likely N-dealkylation sites (N-methyl/N-ethyl adjacent to an activating group) is 1. The van der Waals surface area contributed by atoms with Crippen LogP contribution in [0.3, 0.4) is 0 Å². The van der Waals surface area contributed by atoms with Crippen molar-refractivity contribution in [1.82, 2.24) is 14.9 Å². The molecule has 1 N–H and O–H groups in total. The van der Waals surface area contributed by atoms with Gasteiger partial charge < -0.3 is 15.1 Å². The number of nitrogens with zero attached hydrogens (tertiary/aromatic N) is 4. The van der Waals surface area contributed by atoms with E-state index in [0.717, 1.165) is 49.1 Å². The van der Waals surface area contributed by atoms with E-state index in [1.165, 1.54) is 6.42 Å². The fourth-order valence-electron chi connectivity index (χ4n) is 2.92. The molecule has 0 saturated carbocycles. The fourth-order valence-corrected chi connectivity index (χ4v) is 2.92. The highest BCUT2D eigenvalue weighted by atomic mass is 15.3. The number of hydrogen-bond donors (Lipinski definition) is 1. The molecule has 2 heterocycles.